The number of benzene rings is 2. The van der Waals surface area contributed by atoms with Gasteiger partial charge in [-0.15, -0.1) is 11.3 Å². The number of ether oxygens (including phenoxy) is 1. The molecule has 4 nitrogen and oxygen atoms in total. The predicted molar refractivity (Wildman–Crippen MR) is 112 cm³/mol. The molecule has 0 aliphatic heterocycles. The standard InChI is InChI=1S/C21H18N2O2S2/c1-14-10-11-16(25-2)18-19(14)27-21(22-18)23(13-15-7-4-3-5-8-15)20(24)17-9-6-12-26-17/h3-12H,13H2,1-2H3. The molecule has 136 valence electrons. The van der Waals surface area contributed by atoms with Crippen molar-refractivity contribution in [3.63, 3.8) is 0 Å². The highest BCUT2D eigenvalue weighted by Crippen LogP contribution is 2.37. The molecule has 4 rings (SSSR count). The summed E-state index contributed by atoms with van der Waals surface area (Å²) < 4.78 is 6.51. The lowest BCUT2D eigenvalue weighted by molar-refractivity contribution is 0.0989. The van der Waals surface area contributed by atoms with E-state index in [0.29, 0.717) is 16.6 Å². The molecule has 0 N–H and O–H groups in total. The number of thiazole rings is 1. The van der Waals surface area contributed by atoms with Crippen molar-refractivity contribution >= 4 is 43.9 Å². The van der Waals surface area contributed by atoms with Crippen LogP contribution in [0, 0.1) is 6.92 Å². The van der Waals surface area contributed by atoms with Crippen LogP contribution < -0.4 is 9.64 Å². The molecule has 0 aliphatic carbocycles. The lowest BCUT2D eigenvalue weighted by Gasteiger charge is -2.19. The Morgan fingerprint density at radius 1 is 1.11 bits per heavy atom. The van der Waals surface area contributed by atoms with Crippen LogP contribution in [0.25, 0.3) is 10.2 Å². The van der Waals surface area contributed by atoms with E-state index in [1.807, 2.05) is 66.9 Å². The maximum absolute atomic E-state index is 13.2. The zero-order chi connectivity index (χ0) is 18.8. The third-order valence-corrected chi connectivity index (χ3v) is 6.38. The third-order valence-electron chi connectivity index (χ3n) is 4.30. The summed E-state index contributed by atoms with van der Waals surface area (Å²) in [5, 5.41) is 2.60. The van der Waals surface area contributed by atoms with Crippen molar-refractivity contribution in [2.24, 2.45) is 0 Å². The van der Waals surface area contributed by atoms with Gasteiger partial charge in [0.05, 0.1) is 23.2 Å². The number of thiophene rings is 1. The summed E-state index contributed by atoms with van der Waals surface area (Å²) >= 11 is 2.97. The molecule has 0 spiro atoms. The minimum absolute atomic E-state index is 0.0375. The fourth-order valence-electron chi connectivity index (χ4n) is 2.90. The fourth-order valence-corrected chi connectivity index (χ4v) is 4.63. The molecule has 2 aromatic heterocycles. The van der Waals surface area contributed by atoms with Gasteiger partial charge in [-0.05, 0) is 35.6 Å². The third kappa shape index (κ3) is 3.46. The van der Waals surface area contributed by atoms with E-state index in [0.717, 1.165) is 27.1 Å². The number of amides is 1. The normalized spacial score (nSPS) is 10.9. The van der Waals surface area contributed by atoms with E-state index in [-0.39, 0.29) is 5.91 Å². The number of fused-ring (bicyclic) bond motifs is 1. The van der Waals surface area contributed by atoms with E-state index in [1.54, 1.807) is 12.0 Å². The first kappa shape index (κ1) is 17.7. The molecule has 2 aromatic carbocycles. The van der Waals surface area contributed by atoms with E-state index in [9.17, 15) is 4.79 Å². The molecule has 6 heteroatoms. The van der Waals surface area contributed by atoms with Crippen LogP contribution in [-0.2, 0) is 6.54 Å². The average Bonchev–Trinajstić information content (AvgIpc) is 3.37. The first-order chi connectivity index (χ1) is 13.2. The molecule has 27 heavy (non-hydrogen) atoms. The SMILES string of the molecule is COc1ccc(C)c2sc(N(Cc3ccccc3)C(=O)c3cccs3)nc12. The van der Waals surface area contributed by atoms with E-state index in [1.165, 1.54) is 22.7 Å². The van der Waals surface area contributed by atoms with Gasteiger partial charge in [0.15, 0.2) is 5.13 Å². The first-order valence-electron chi connectivity index (χ1n) is 8.51. The van der Waals surface area contributed by atoms with Gasteiger partial charge in [0, 0.05) is 0 Å². The van der Waals surface area contributed by atoms with Gasteiger partial charge in [0.25, 0.3) is 5.91 Å². The zero-order valence-electron chi connectivity index (χ0n) is 15.0. The zero-order valence-corrected chi connectivity index (χ0v) is 16.6. The Balaban J connectivity index is 1.81. The van der Waals surface area contributed by atoms with Gasteiger partial charge in [-0.3, -0.25) is 9.69 Å². The molecule has 0 fully saturated rings. The van der Waals surface area contributed by atoms with Gasteiger partial charge in [0.1, 0.15) is 11.3 Å². The largest absolute Gasteiger partial charge is 0.494 e. The molecule has 0 saturated carbocycles. The molecular weight excluding hydrogens is 376 g/mol. The van der Waals surface area contributed by atoms with Crippen molar-refractivity contribution < 1.29 is 9.53 Å². The van der Waals surface area contributed by atoms with Crippen LogP contribution in [0.1, 0.15) is 20.8 Å². The van der Waals surface area contributed by atoms with Gasteiger partial charge < -0.3 is 4.74 Å². The Morgan fingerprint density at radius 2 is 1.93 bits per heavy atom. The Bertz CT molecular complexity index is 1070. The highest BCUT2D eigenvalue weighted by Gasteiger charge is 2.23. The number of anilines is 1. The summed E-state index contributed by atoms with van der Waals surface area (Å²) in [6, 6.07) is 17.7. The summed E-state index contributed by atoms with van der Waals surface area (Å²) in [6.45, 7) is 2.52. The minimum atomic E-state index is -0.0375. The van der Waals surface area contributed by atoms with Gasteiger partial charge in [-0.1, -0.05) is 53.8 Å². The minimum Gasteiger partial charge on any atom is -0.494 e. The highest BCUT2D eigenvalue weighted by atomic mass is 32.1. The first-order valence-corrected chi connectivity index (χ1v) is 10.2. The van der Waals surface area contributed by atoms with Crippen molar-refractivity contribution in [1.82, 2.24) is 4.98 Å². The summed E-state index contributed by atoms with van der Waals surface area (Å²) in [6.07, 6.45) is 0. The second kappa shape index (κ2) is 7.50. The number of carbonyl (C=O) groups is 1. The second-order valence-electron chi connectivity index (χ2n) is 6.11. The molecule has 2 heterocycles. The van der Waals surface area contributed by atoms with Crippen LogP contribution >= 0.6 is 22.7 Å². The van der Waals surface area contributed by atoms with Crippen LogP contribution in [0.15, 0.2) is 60.0 Å². The molecule has 0 aliphatic rings. The van der Waals surface area contributed by atoms with Gasteiger partial charge >= 0.3 is 0 Å². The van der Waals surface area contributed by atoms with E-state index in [4.69, 9.17) is 9.72 Å². The summed E-state index contributed by atoms with van der Waals surface area (Å²) in [5.41, 5.74) is 2.98. The number of rotatable bonds is 5. The monoisotopic (exact) mass is 394 g/mol. The molecule has 0 atom stereocenters. The molecular formula is C21H18N2O2S2. The number of hydrogen-bond donors (Lipinski definition) is 0. The lowest BCUT2D eigenvalue weighted by atomic mass is 10.2. The van der Waals surface area contributed by atoms with Crippen molar-refractivity contribution in [3.05, 3.63) is 76.0 Å². The number of aryl methyl sites for hydroxylation is 1. The van der Waals surface area contributed by atoms with E-state index >= 15 is 0 Å². The number of methoxy groups -OCH3 is 1. The molecule has 0 unspecified atom stereocenters. The second-order valence-corrected chi connectivity index (χ2v) is 8.04. The van der Waals surface area contributed by atoms with Gasteiger partial charge in [-0.2, -0.15) is 0 Å². The Morgan fingerprint density at radius 3 is 2.63 bits per heavy atom. The number of carbonyl (C=O) groups excluding carboxylic acids is 1. The number of nitrogens with zero attached hydrogens (tertiary/aromatic N) is 2. The molecule has 4 aromatic rings. The topological polar surface area (TPSA) is 42.4 Å². The van der Waals surface area contributed by atoms with Crippen LogP contribution in [-0.4, -0.2) is 18.0 Å². The Hall–Kier alpha value is -2.70. The van der Waals surface area contributed by atoms with Crippen molar-refractivity contribution in [1.29, 1.82) is 0 Å². The summed E-state index contributed by atoms with van der Waals surface area (Å²) in [7, 11) is 1.64. The molecule has 0 saturated heterocycles. The quantitative estimate of drug-likeness (QED) is 0.447. The number of hydrogen-bond acceptors (Lipinski definition) is 5. The van der Waals surface area contributed by atoms with E-state index < -0.39 is 0 Å². The van der Waals surface area contributed by atoms with Crippen LogP contribution in [0.2, 0.25) is 0 Å². The Kier molecular flexibility index (Phi) is 4.92. The molecule has 0 bridgehead atoms. The van der Waals surface area contributed by atoms with Crippen LogP contribution in [0.3, 0.4) is 0 Å². The maximum atomic E-state index is 13.2. The van der Waals surface area contributed by atoms with Gasteiger partial charge in [0.2, 0.25) is 0 Å². The van der Waals surface area contributed by atoms with Crippen molar-refractivity contribution in [2.75, 3.05) is 12.0 Å². The summed E-state index contributed by atoms with van der Waals surface area (Å²) in [4.78, 5) is 20.4. The predicted octanol–water partition coefficient (Wildman–Crippen LogP) is 5.52. The van der Waals surface area contributed by atoms with Gasteiger partial charge in [-0.25, -0.2) is 4.98 Å². The smallest absolute Gasteiger partial charge is 0.270 e. The molecule has 1 amide bonds. The molecule has 0 radical (unpaired) electrons. The van der Waals surface area contributed by atoms with Crippen molar-refractivity contribution in [3.8, 4) is 5.75 Å². The maximum Gasteiger partial charge on any atom is 0.270 e. The van der Waals surface area contributed by atoms with Crippen LogP contribution in [0.5, 0.6) is 5.75 Å². The highest BCUT2D eigenvalue weighted by molar-refractivity contribution is 7.22. The average molecular weight is 395 g/mol. The lowest BCUT2D eigenvalue weighted by Crippen LogP contribution is -2.29. The van der Waals surface area contributed by atoms with Crippen molar-refractivity contribution in [2.45, 2.75) is 13.5 Å². The summed E-state index contributed by atoms with van der Waals surface area (Å²) in [5.74, 6) is 0.686. The fraction of sp³-hybridized carbons (Fsp3) is 0.143. The Labute approximate surface area is 165 Å². The van der Waals surface area contributed by atoms with E-state index in [2.05, 4.69) is 0 Å². The number of aromatic nitrogens is 1. The van der Waals surface area contributed by atoms with Crippen LogP contribution in [0.4, 0.5) is 5.13 Å².